The molecule has 5 nitrogen and oxygen atoms in total. The summed E-state index contributed by atoms with van der Waals surface area (Å²) in [5, 5.41) is 10.0. The van der Waals surface area contributed by atoms with E-state index in [1.165, 1.54) is 0 Å². The Balaban J connectivity index is 0.00000162. The molecular formula is C12H19Cl2N3O2. The molecular weight excluding hydrogens is 289 g/mol. The molecule has 108 valence electrons. The van der Waals surface area contributed by atoms with Crippen LogP contribution >= 0.6 is 24.8 Å². The molecule has 2 heterocycles. The first-order chi connectivity index (χ1) is 8.20. The van der Waals surface area contributed by atoms with Crippen LogP contribution in [-0.4, -0.2) is 40.0 Å². The van der Waals surface area contributed by atoms with E-state index in [1.54, 1.807) is 29.4 Å². The van der Waals surface area contributed by atoms with Crippen molar-refractivity contribution < 1.29 is 9.90 Å². The highest BCUT2D eigenvalue weighted by atomic mass is 35.5. The fraction of sp³-hybridized carbons (Fsp3) is 0.500. The summed E-state index contributed by atoms with van der Waals surface area (Å²) >= 11 is 0. The van der Waals surface area contributed by atoms with Crippen LogP contribution in [0.1, 0.15) is 24.5 Å². The highest BCUT2D eigenvalue weighted by Crippen LogP contribution is 2.18. The van der Waals surface area contributed by atoms with Gasteiger partial charge in [0.15, 0.2) is 0 Å². The van der Waals surface area contributed by atoms with Crippen molar-refractivity contribution in [3.63, 3.8) is 0 Å². The number of hydrogen-bond donors (Lipinski definition) is 2. The van der Waals surface area contributed by atoms with Gasteiger partial charge in [-0.25, -0.2) is 0 Å². The van der Waals surface area contributed by atoms with Gasteiger partial charge in [-0.15, -0.1) is 24.8 Å². The van der Waals surface area contributed by atoms with Gasteiger partial charge in [0.1, 0.15) is 12.1 Å². The van der Waals surface area contributed by atoms with Crippen molar-refractivity contribution in [2.45, 2.75) is 25.0 Å². The maximum atomic E-state index is 12.0. The van der Waals surface area contributed by atoms with Gasteiger partial charge in [-0.2, -0.15) is 0 Å². The Kier molecular flexibility index (Phi) is 7.94. The summed E-state index contributed by atoms with van der Waals surface area (Å²) in [6.45, 7) is 1.49. The minimum absolute atomic E-state index is 0. The summed E-state index contributed by atoms with van der Waals surface area (Å²) in [7, 11) is 0. The van der Waals surface area contributed by atoms with Gasteiger partial charge in [0, 0.05) is 25.5 Å². The smallest absolute Gasteiger partial charge is 0.242 e. The van der Waals surface area contributed by atoms with E-state index >= 15 is 0 Å². The molecule has 7 heteroatoms. The highest BCUT2D eigenvalue weighted by Gasteiger charge is 2.29. The van der Waals surface area contributed by atoms with E-state index in [-0.39, 0.29) is 30.7 Å². The zero-order valence-corrected chi connectivity index (χ0v) is 12.1. The molecule has 0 bridgehead atoms. The number of aromatic nitrogens is 1. The van der Waals surface area contributed by atoms with Gasteiger partial charge in [-0.1, -0.05) is 0 Å². The van der Waals surface area contributed by atoms with Crippen molar-refractivity contribution in [2.24, 2.45) is 5.73 Å². The lowest BCUT2D eigenvalue weighted by atomic mass is 10.0. The predicted molar refractivity (Wildman–Crippen MR) is 77.5 cm³/mol. The van der Waals surface area contributed by atoms with Crippen LogP contribution in [0.4, 0.5) is 0 Å². The Hall–Kier alpha value is -0.880. The van der Waals surface area contributed by atoms with E-state index in [0.29, 0.717) is 5.56 Å². The van der Waals surface area contributed by atoms with Gasteiger partial charge in [0.25, 0.3) is 0 Å². The maximum absolute atomic E-state index is 12.0. The molecule has 1 aromatic heterocycles. The van der Waals surface area contributed by atoms with Crippen molar-refractivity contribution in [3.8, 4) is 0 Å². The molecule has 0 aliphatic carbocycles. The zero-order chi connectivity index (χ0) is 12.3. The SMILES string of the molecule is Cl.Cl.N[C@@H](C(=O)N1CCCC1)[C@@H](O)c1ccncc1. The molecule has 1 aromatic rings. The number of aliphatic hydroxyl groups excluding tert-OH is 1. The molecule has 1 fully saturated rings. The van der Waals surface area contributed by atoms with Crippen LogP contribution in [0, 0.1) is 0 Å². The number of amides is 1. The van der Waals surface area contributed by atoms with Gasteiger partial charge in [-0.3, -0.25) is 9.78 Å². The van der Waals surface area contributed by atoms with Crippen molar-refractivity contribution in [2.75, 3.05) is 13.1 Å². The average Bonchev–Trinajstić information content (AvgIpc) is 2.91. The van der Waals surface area contributed by atoms with Gasteiger partial charge in [0.2, 0.25) is 5.91 Å². The molecule has 2 atom stereocenters. The van der Waals surface area contributed by atoms with Crippen LogP contribution in [0.5, 0.6) is 0 Å². The first kappa shape index (κ1) is 18.1. The van der Waals surface area contributed by atoms with Gasteiger partial charge in [0.05, 0.1) is 0 Å². The van der Waals surface area contributed by atoms with Crippen molar-refractivity contribution in [1.29, 1.82) is 0 Å². The van der Waals surface area contributed by atoms with Crippen molar-refractivity contribution in [1.82, 2.24) is 9.88 Å². The average molecular weight is 308 g/mol. The Bertz CT molecular complexity index is 386. The second kappa shape index (κ2) is 8.32. The second-order valence-corrected chi connectivity index (χ2v) is 4.28. The van der Waals surface area contributed by atoms with E-state index in [2.05, 4.69) is 4.98 Å². The molecule has 1 amide bonds. The quantitative estimate of drug-likeness (QED) is 0.870. The number of nitrogens with zero attached hydrogens (tertiary/aromatic N) is 2. The van der Waals surface area contributed by atoms with Crippen molar-refractivity contribution >= 4 is 30.7 Å². The number of likely N-dealkylation sites (tertiary alicyclic amines) is 1. The normalized spacial score (nSPS) is 17.1. The predicted octanol–water partition coefficient (Wildman–Crippen LogP) is 0.908. The maximum Gasteiger partial charge on any atom is 0.242 e. The van der Waals surface area contributed by atoms with E-state index < -0.39 is 12.1 Å². The molecule has 0 unspecified atom stereocenters. The van der Waals surface area contributed by atoms with E-state index in [0.717, 1.165) is 25.9 Å². The van der Waals surface area contributed by atoms with E-state index in [1.807, 2.05) is 0 Å². The third kappa shape index (κ3) is 4.31. The summed E-state index contributed by atoms with van der Waals surface area (Å²) in [5.74, 6) is -0.174. The summed E-state index contributed by atoms with van der Waals surface area (Å²) in [6, 6.07) is 2.44. The first-order valence-electron chi connectivity index (χ1n) is 5.82. The largest absolute Gasteiger partial charge is 0.386 e. The van der Waals surface area contributed by atoms with Gasteiger partial charge in [-0.05, 0) is 30.5 Å². The fourth-order valence-electron chi connectivity index (χ4n) is 2.05. The van der Waals surface area contributed by atoms with Crippen LogP contribution in [0.15, 0.2) is 24.5 Å². The molecule has 1 aliphatic heterocycles. The Morgan fingerprint density at radius 1 is 1.26 bits per heavy atom. The lowest BCUT2D eigenvalue weighted by molar-refractivity contribution is -0.134. The molecule has 19 heavy (non-hydrogen) atoms. The summed E-state index contributed by atoms with van der Waals surface area (Å²) in [4.78, 5) is 17.6. The number of halogens is 2. The summed E-state index contributed by atoms with van der Waals surface area (Å²) < 4.78 is 0. The molecule has 2 rings (SSSR count). The lowest BCUT2D eigenvalue weighted by Crippen LogP contribution is -2.45. The molecule has 0 radical (unpaired) electrons. The summed E-state index contributed by atoms with van der Waals surface area (Å²) in [6.07, 6.45) is 4.22. The van der Waals surface area contributed by atoms with Crippen LogP contribution in [0.3, 0.4) is 0 Å². The number of carbonyl (C=O) groups is 1. The Morgan fingerprint density at radius 3 is 2.32 bits per heavy atom. The lowest BCUT2D eigenvalue weighted by Gasteiger charge is -2.23. The van der Waals surface area contributed by atoms with E-state index in [4.69, 9.17) is 5.73 Å². The number of carbonyl (C=O) groups excluding carboxylic acids is 1. The molecule has 0 spiro atoms. The van der Waals surface area contributed by atoms with E-state index in [9.17, 15) is 9.90 Å². The molecule has 0 saturated carbocycles. The molecule has 1 saturated heterocycles. The monoisotopic (exact) mass is 307 g/mol. The van der Waals surface area contributed by atoms with Crippen LogP contribution in [0.2, 0.25) is 0 Å². The molecule has 3 N–H and O–H groups in total. The minimum atomic E-state index is -0.967. The zero-order valence-electron chi connectivity index (χ0n) is 10.4. The Morgan fingerprint density at radius 2 is 1.79 bits per heavy atom. The first-order valence-corrected chi connectivity index (χ1v) is 5.82. The number of rotatable bonds is 3. The van der Waals surface area contributed by atoms with Crippen LogP contribution < -0.4 is 5.73 Å². The molecule has 1 aliphatic rings. The van der Waals surface area contributed by atoms with Gasteiger partial charge >= 0.3 is 0 Å². The van der Waals surface area contributed by atoms with Gasteiger partial charge < -0.3 is 15.7 Å². The molecule has 0 aromatic carbocycles. The third-order valence-corrected chi connectivity index (χ3v) is 3.09. The van der Waals surface area contributed by atoms with Crippen LogP contribution in [0.25, 0.3) is 0 Å². The Labute approximate surface area is 125 Å². The number of aliphatic hydroxyl groups is 1. The fourth-order valence-corrected chi connectivity index (χ4v) is 2.05. The number of nitrogens with two attached hydrogens (primary N) is 1. The standard InChI is InChI=1S/C12H17N3O2.2ClH/c13-10(12(17)15-7-1-2-8-15)11(16)9-3-5-14-6-4-9;;/h3-6,10-11,16H,1-2,7-8,13H2;2*1H/t10-,11+;;/m1../s1. The highest BCUT2D eigenvalue weighted by molar-refractivity contribution is 5.85. The second-order valence-electron chi connectivity index (χ2n) is 4.28. The topological polar surface area (TPSA) is 79.5 Å². The van der Waals surface area contributed by atoms with Crippen molar-refractivity contribution in [3.05, 3.63) is 30.1 Å². The van der Waals surface area contributed by atoms with Crippen LogP contribution in [-0.2, 0) is 4.79 Å². The third-order valence-electron chi connectivity index (χ3n) is 3.09. The minimum Gasteiger partial charge on any atom is -0.386 e. The number of hydrogen-bond acceptors (Lipinski definition) is 4. The number of pyridine rings is 1. The summed E-state index contributed by atoms with van der Waals surface area (Å²) in [5.41, 5.74) is 6.44.